The van der Waals surface area contributed by atoms with Crippen molar-refractivity contribution < 1.29 is 5.11 Å². The van der Waals surface area contributed by atoms with E-state index >= 15 is 0 Å². The number of benzene rings is 1. The van der Waals surface area contributed by atoms with Gasteiger partial charge in [0.05, 0.1) is 0 Å². The summed E-state index contributed by atoms with van der Waals surface area (Å²) in [5.41, 5.74) is 1.04. The van der Waals surface area contributed by atoms with E-state index in [0.717, 1.165) is 12.0 Å². The predicted octanol–water partition coefficient (Wildman–Crippen LogP) is 3.96. The van der Waals surface area contributed by atoms with E-state index < -0.39 is 0 Å². The molecule has 2 unspecified atom stereocenters. The third-order valence-corrected chi connectivity index (χ3v) is 3.58. The number of phenolic OH excluding ortho intramolecular Hbond substituents is 1. The van der Waals surface area contributed by atoms with Gasteiger partial charge in [0.2, 0.25) is 0 Å². The summed E-state index contributed by atoms with van der Waals surface area (Å²) in [7, 11) is 2.15. The van der Waals surface area contributed by atoms with Crippen molar-refractivity contribution in [1.82, 2.24) is 4.90 Å². The summed E-state index contributed by atoms with van der Waals surface area (Å²) in [5.74, 6) is 0.412. The summed E-state index contributed by atoms with van der Waals surface area (Å²) in [6, 6.07) is 8.52. The van der Waals surface area contributed by atoms with Crippen molar-refractivity contribution in [2.75, 3.05) is 7.05 Å². The van der Waals surface area contributed by atoms with E-state index in [-0.39, 0.29) is 0 Å². The van der Waals surface area contributed by atoms with E-state index in [9.17, 15) is 5.11 Å². The normalized spacial score (nSPS) is 14.9. The zero-order chi connectivity index (χ0) is 12.8. The first kappa shape index (κ1) is 14.0. The zero-order valence-corrected chi connectivity index (χ0v) is 11.5. The third kappa shape index (κ3) is 3.47. The molecule has 0 aliphatic rings. The lowest BCUT2D eigenvalue weighted by Crippen LogP contribution is -2.32. The minimum Gasteiger partial charge on any atom is -0.508 e. The summed E-state index contributed by atoms with van der Waals surface area (Å²) in [5, 5.41) is 9.95. The van der Waals surface area contributed by atoms with Gasteiger partial charge in [0.25, 0.3) is 0 Å². The van der Waals surface area contributed by atoms with Crippen LogP contribution in [0.15, 0.2) is 24.3 Å². The molecule has 1 aromatic rings. The lowest BCUT2D eigenvalue weighted by Gasteiger charge is -2.33. The number of phenols is 1. The molecule has 0 fully saturated rings. The molecule has 0 heterocycles. The van der Waals surface area contributed by atoms with Crippen LogP contribution >= 0.6 is 0 Å². The lowest BCUT2D eigenvalue weighted by atomic mass is 9.99. The largest absolute Gasteiger partial charge is 0.508 e. The van der Waals surface area contributed by atoms with Crippen LogP contribution in [0, 0.1) is 0 Å². The molecule has 0 radical (unpaired) electrons. The second-order valence-corrected chi connectivity index (χ2v) is 4.79. The molecule has 1 N–H and O–H groups in total. The Morgan fingerprint density at radius 2 is 1.88 bits per heavy atom. The molecule has 0 saturated carbocycles. The predicted molar refractivity (Wildman–Crippen MR) is 73.3 cm³/mol. The maximum Gasteiger partial charge on any atom is 0.120 e. The number of rotatable bonds is 6. The van der Waals surface area contributed by atoms with E-state index in [1.54, 1.807) is 6.07 Å². The maximum absolute atomic E-state index is 9.95. The summed E-state index contributed by atoms with van der Waals surface area (Å²) >= 11 is 0. The molecule has 2 atom stereocenters. The molecule has 2 heteroatoms. The molecule has 0 bridgehead atoms. The number of hydrogen-bond donors (Lipinski definition) is 1. The van der Waals surface area contributed by atoms with Gasteiger partial charge in [-0.15, -0.1) is 0 Å². The van der Waals surface area contributed by atoms with Gasteiger partial charge in [0, 0.05) is 17.6 Å². The first-order valence-electron chi connectivity index (χ1n) is 6.61. The molecule has 1 rings (SSSR count). The van der Waals surface area contributed by atoms with E-state index in [1.807, 2.05) is 18.2 Å². The molecular weight excluding hydrogens is 210 g/mol. The Kier molecular flexibility index (Phi) is 5.49. The molecule has 0 aliphatic heterocycles. The Hall–Kier alpha value is -1.02. The van der Waals surface area contributed by atoms with Gasteiger partial charge in [-0.05, 0) is 32.9 Å². The molecule has 2 nitrogen and oxygen atoms in total. The molecule has 0 aromatic heterocycles. The van der Waals surface area contributed by atoms with Crippen molar-refractivity contribution in [3.8, 4) is 5.75 Å². The first-order valence-corrected chi connectivity index (χ1v) is 6.61. The quantitative estimate of drug-likeness (QED) is 0.806. The summed E-state index contributed by atoms with van der Waals surface area (Å²) < 4.78 is 0. The minimum atomic E-state index is 0.303. The van der Waals surface area contributed by atoms with Crippen molar-refractivity contribution in [3.63, 3.8) is 0 Å². The Balaban J connectivity index is 2.88. The van der Waals surface area contributed by atoms with Crippen LogP contribution in [0.2, 0.25) is 0 Å². The fourth-order valence-corrected chi connectivity index (χ4v) is 2.43. The van der Waals surface area contributed by atoms with Crippen LogP contribution in [-0.2, 0) is 0 Å². The Bertz CT molecular complexity index is 337. The van der Waals surface area contributed by atoms with Crippen LogP contribution in [0.25, 0.3) is 0 Å². The van der Waals surface area contributed by atoms with Gasteiger partial charge < -0.3 is 5.11 Å². The lowest BCUT2D eigenvalue weighted by molar-refractivity contribution is 0.168. The van der Waals surface area contributed by atoms with E-state index in [2.05, 4.69) is 32.7 Å². The van der Waals surface area contributed by atoms with Gasteiger partial charge >= 0.3 is 0 Å². The Morgan fingerprint density at radius 1 is 1.24 bits per heavy atom. The van der Waals surface area contributed by atoms with Crippen molar-refractivity contribution in [2.45, 2.75) is 52.1 Å². The van der Waals surface area contributed by atoms with Crippen molar-refractivity contribution in [1.29, 1.82) is 0 Å². The highest BCUT2D eigenvalue weighted by Gasteiger charge is 2.21. The van der Waals surface area contributed by atoms with E-state index in [4.69, 9.17) is 0 Å². The van der Waals surface area contributed by atoms with Gasteiger partial charge in [-0.25, -0.2) is 0 Å². The molecule has 0 spiro atoms. The number of nitrogens with zero attached hydrogens (tertiary/aromatic N) is 1. The van der Waals surface area contributed by atoms with Crippen LogP contribution < -0.4 is 0 Å². The second kappa shape index (κ2) is 6.65. The fraction of sp³-hybridized carbons (Fsp3) is 0.600. The van der Waals surface area contributed by atoms with Crippen LogP contribution in [0.3, 0.4) is 0 Å². The third-order valence-electron chi connectivity index (χ3n) is 3.58. The smallest absolute Gasteiger partial charge is 0.120 e. The number of aromatic hydroxyl groups is 1. The summed E-state index contributed by atoms with van der Waals surface area (Å²) in [4.78, 5) is 2.37. The standard InChI is InChI=1S/C15H25NO/c1-5-9-12(3)16(4)14(6-2)13-10-7-8-11-15(13)17/h7-8,10-12,14,17H,5-6,9H2,1-4H3. The fourth-order valence-electron chi connectivity index (χ4n) is 2.43. The highest BCUT2D eigenvalue weighted by molar-refractivity contribution is 5.34. The van der Waals surface area contributed by atoms with Crippen LogP contribution in [0.4, 0.5) is 0 Å². The van der Waals surface area contributed by atoms with Crippen molar-refractivity contribution >= 4 is 0 Å². The molecule has 0 amide bonds. The summed E-state index contributed by atoms with van der Waals surface area (Å²) in [6.07, 6.45) is 3.41. The monoisotopic (exact) mass is 235 g/mol. The topological polar surface area (TPSA) is 23.5 Å². The highest BCUT2D eigenvalue weighted by atomic mass is 16.3. The highest BCUT2D eigenvalue weighted by Crippen LogP contribution is 2.31. The molecule has 0 aliphatic carbocycles. The van der Waals surface area contributed by atoms with Gasteiger partial charge in [0.1, 0.15) is 5.75 Å². The van der Waals surface area contributed by atoms with Gasteiger partial charge in [-0.3, -0.25) is 4.90 Å². The molecular formula is C15H25NO. The van der Waals surface area contributed by atoms with E-state index in [0.29, 0.717) is 17.8 Å². The number of para-hydroxylation sites is 1. The van der Waals surface area contributed by atoms with E-state index in [1.165, 1.54) is 12.8 Å². The molecule has 0 saturated heterocycles. The Morgan fingerprint density at radius 3 is 2.41 bits per heavy atom. The maximum atomic E-state index is 9.95. The minimum absolute atomic E-state index is 0.303. The zero-order valence-electron chi connectivity index (χ0n) is 11.5. The van der Waals surface area contributed by atoms with Crippen molar-refractivity contribution in [3.05, 3.63) is 29.8 Å². The first-order chi connectivity index (χ1) is 8.11. The summed E-state index contributed by atoms with van der Waals surface area (Å²) in [6.45, 7) is 6.64. The van der Waals surface area contributed by atoms with Crippen molar-refractivity contribution in [2.24, 2.45) is 0 Å². The SMILES string of the molecule is CCCC(C)N(C)C(CC)c1ccccc1O. The number of hydrogen-bond acceptors (Lipinski definition) is 2. The van der Waals surface area contributed by atoms with Crippen LogP contribution in [-0.4, -0.2) is 23.1 Å². The average molecular weight is 235 g/mol. The van der Waals surface area contributed by atoms with Gasteiger partial charge in [-0.1, -0.05) is 38.5 Å². The Labute approximate surface area is 105 Å². The van der Waals surface area contributed by atoms with Crippen LogP contribution in [0.1, 0.15) is 51.6 Å². The second-order valence-electron chi connectivity index (χ2n) is 4.79. The molecule has 96 valence electrons. The van der Waals surface area contributed by atoms with Gasteiger partial charge in [-0.2, -0.15) is 0 Å². The molecule has 1 aromatic carbocycles. The average Bonchev–Trinajstić information content (AvgIpc) is 2.32. The van der Waals surface area contributed by atoms with Crippen LogP contribution in [0.5, 0.6) is 5.75 Å². The van der Waals surface area contributed by atoms with Gasteiger partial charge in [0.15, 0.2) is 0 Å². The molecule has 17 heavy (non-hydrogen) atoms.